The van der Waals surface area contributed by atoms with Crippen molar-refractivity contribution in [2.45, 2.75) is 39.0 Å². The third kappa shape index (κ3) is 2.66. The molecule has 3 rings (SSSR count). The number of aromatic nitrogens is 2. The van der Waals surface area contributed by atoms with Crippen molar-refractivity contribution in [3.05, 3.63) is 11.3 Å². The van der Waals surface area contributed by atoms with Crippen molar-refractivity contribution in [1.29, 1.82) is 0 Å². The van der Waals surface area contributed by atoms with Gasteiger partial charge in [0.25, 0.3) is 0 Å². The zero-order chi connectivity index (χ0) is 15.0. The van der Waals surface area contributed by atoms with E-state index in [-0.39, 0.29) is 17.7 Å². The van der Waals surface area contributed by atoms with E-state index in [9.17, 15) is 9.59 Å². The molecule has 1 N–H and O–H groups in total. The van der Waals surface area contributed by atoms with E-state index in [0.717, 1.165) is 50.2 Å². The average molecular weight is 290 g/mol. The number of anilines is 1. The molecule has 0 aromatic carbocycles. The molecule has 1 aromatic rings. The van der Waals surface area contributed by atoms with Crippen LogP contribution in [0.3, 0.4) is 0 Å². The first-order valence-electron chi connectivity index (χ1n) is 7.67. The number of piperidine rings is 1. The second-order valence-corrected chi connectivity index (χ2v) is 6.04. The molecular weight excluding hydrogens is 268 g/mol. The second kappa shape index (κ2) is 5.50. The van der Waals surface area contributed by atoms with E-state index in [1.54, 1.807) is 16.5 Å². The lowest BCUT2D eigenvalue weighted by Crippen LogP contribution is -2.43. The molecule has 21 heavy (non-hydrogen) atoms. The highest BCUT2D eigenvalue weighted by Crippen LogP contribution is 2.29. The minimum absolute atomic E-state index is 0.0126. The van der Waals surface area contributed by atoms with Crippen molar-refractivity contribution >= 4 is 17.6 Å². The van der Waals surface area contributed by atoms with Crippen LogP contribution >= 0.6 is 0 Å². The van der Waals surface area contributed by atoms with Crippen LogP contribution in [0, 0.1) is 5.92 Å². The molecule has 2 aliphatic rings. The molecule has 0 saturated carbocycles. The quantitative estimate of drug-likeness (QED) is 0.887. The monoisotopic (exact) mass is 290 g/mol. The predicted molar refractivity (Wildman–Crippen MR) is 78.8 cm³/mol. The topological polar surface area (TPSA) is 67.2 Å². The van der Waals surface area contributed by atoms with Crippen molar-refractivity contribution < 1.29 is 9.59 Å². The van der Waals surface area contributed by atoms with Gasteiger partial charge in [-0.1, -0.05) is 0 Å². The molecule has 0 radical (unpaired) electrons. The molecule has 1 aliphatic heterocycles. The number of nitrogens with zero attached hydrogens (tertiary/aromatic N) is 3. The van der Waals surface area contributed by atoms with E-state index in [4.69, 9.17) is 0 Å². The molecule has 1 unspecified atom stereocenters. The largest absolute Gasteiger partial charge is 0.342 e. The van der Waals surface area contributed by atoms with E-state index in [2.05, 4.69) is 10.4 Å². The standard InChI is InChI=1S/C15H22N4O2/c1-10(20)19-8-4-5-11(9-19)15(21)16-14-12-6-3-7-13(12)17-18(14)2/h11H,3-9H2,1-2H3,(H,16,21). The first kappa shape index (κ1) is 14.1. The number of rotatable bonds is 2. The second-order valence-electron chi connectivity index (χ2n) is 6.04. The summed E-state index contributed by atoms with van der Waals surface area (Å²) in [7, 11) is 1.87. The number of nitrogens with one attached hydrogen (secondary N) is 1. The molecule has 114 valence electrons. The molecular formula is C15H22N4O2. The van der Waals surface area contributed by atoms with Gasteiger partial charge in [0, 0.05) is 32.6 Å². The highest BCUT2D eigenvalue weighted by molar-refractivity contribution is 5.93. The lowest BCUT2D eigenvalue weighted by molar-refractivity contribution is -0.132. The molecule has 6 heteroatoms. The minimum atomic E-state index is -0.116. The van der Waals surface area contributed by atoms with Gasteiger partial charge in [-0.25, -0.2) is 0 Å². The summed E-state index contributed by atoms with van der Waals surface area (Å²) in [6, 6.07) is 0. The number of aryl methyl sites for hydroxylation is 2. The van der Waals surface area contributed by atoms with Crippen LogP contribution in [0.2, 0.25) is 0 Å². The Kier molecular flexibility index (Phi) is 3.69. The van der Waals surface area contributed by atoms with Gasteiger partial charge in [-0.05, 0) is 32.1 Å². The number of fused-ring (bicyclic) bond motifs is 1. The number of carbonyl (C=O) groups is 2. The Labute approximate surface area is 124 Å². The number of amides is 2. The van der Waals surface area contributed by atoms with Crippen LogP contribution in [0.25, 0.3) is 0 Å². The summed E-state index contributed by atoms with van der Waals surface area (Å²) in [5.41, 5.74) is 2.30. The highest BCUT2D eigenvalue weighted by atomic mass is 16.2. The maximum atomic E-state index is 12.5. The molecule has 6 nitrogen and oxygen atoms in total. The minimum Gasteiger partial charge on any atom is -0.342 e. The van der Waals surface area contributed by atoms with E-state index in [1.807, 2.05) is 7.05 Å². The molecule has 1 atom stereocenters. The van der Waals surface area contributed by atoms with Crippen LogP contribution in [0.4, 0.5) is 5.82 Å². The summed E-state index contributed by atoms with van der Waals surface area (Å²) < 4.78 is 1.77. The van der Waals surface area contributed by atoms with Gasteiger partial charge in [0.1, 0.15) is 5.82 Å². The highest BCUT2D eigenvalue weighted by Gasteiger charge is 2.29. The normalized spacial score (nSPS) is 21.2. The zero-order valence-corrected chi connectivity index (χ0v) is 12.7. The summed E-state index contributed by atoms with van der Waals surface area (Å²) in [5.74, 6) is 0.787. The fourth-order valence-corrected chi connectivity index (χ4v) is 3.37. The van der Waals surface area contributed by atoms with Gasteiger partial charge < -0.3 is 10.2 Å². The third-order valence-corrected chi connectivity index (χ3v) is 4.55. The number of hydrogen-bond acceptors (Lipinski definition) is 3. The van der Waals surface area contributed by atoms with E-state index in [0.29, 0.717) is 6.54 Å². The Morgan fingerprint density at radius 2 is 2.10 bits per heavy atom. The van der Waals surface area contributed by atoms with Gasteiger partial charge in [-0.15, -0.1) is 0 Å². The third-order valence-electron chi connectivity index (χ3n) is 4.55. The Balaban J connectivity index is 1.70. The van der Waals surface area contributed by atoms with Crippen LogP contribution < -0.4 is 5.32 Å². The lowest BCUT2D eigenvalue weighted by Gasteiger charge is -2.31. The SMILES string of the molecule is CC(=O)N1CCCC(C(=O)Nc2c3c(nn2C)CCC3)C1. The number of carbonyl (C=O) groups excluding carboxylic acids is 2. The first-order valence-corrected chi connectivity index (χ1v) is 7.67. The van der Waals surface area contributed by atoms with Crippen molar-refractivity contribution in [3.8, 4) is 0 Å². The Hall–Kier alpha value is -1.85. The molecule has 1 aromatic heterocycles. The van der Waals surface area contributed by atoms with Crippen LogP contribution in [-0.4, -0.2) is 39.6 Å². The number of likely N-dealkylation sites (tertiary alicyclic amines) is 1. The van der Waals surface area contributed by atoms with Gasteiger partial charge in [0.05, 0.1) is 11.6 Å². The van der Waals surface area contributed by atoms with Crippen molar-refractivity contribution in [3.63, 3.8) is 0 Å². The summed E-state index contributed by atoms with van der Waals surface area (Å²) in [6.45, 7) is 2.86. The Morgan fingerprint density at radius 3 is 2.86 bits per heavy atom. The van der Waals surface area contributed by atoms with Gasteiger partial charge >= 0.3 is 0 Å². The van der Waals surface area contributed by atoms with E-state index < -0.39 is 0 Å². The maximum Gasteiger partial charge on any atom is 0.230 e. The summed E-state index contributed by atoms with van der Waals surface area (Å²) in [4.78, 5) is 25.7. The number of hydrogen-bond donors (Lipinski definition) is 1. The first-order chi connectivity index (χ1) is 10.1. The predicted octanol–water partition coefficient (Wildman–Crippen LogP) is 1.11. The van der Waals surface area contributed by atoms with Crippen LogP contribution in [0.15, 0.2) is 0 Å². The fourth-order valence-electron chi connectivity index (χ4n) is 3.37. The van der Waals surface area contributed by atoms with Gasteiger partial charge in [0.2, 0.25) is 11.8 Å². The van der Waals surface area contributed by atoms with Crippen LogP contribution in [0.1, 0.15) is 37.4 Å². The van der Waals surface area contributed by atoms with Crippen molar-refractivity contribution in [2.75, 3.05) is 18.4 Å². The molecule has 2 heterocycles. The fraction of sp³-hybridized carbons (Fsp3) is 0.667. The van der Waals surface area contributed by atoms with Gasteiger partial charge in [-0.2, -0.15) is 5.10 Å². The summed E-state index contributed by atoms with van der Waals surface area (Å²) >= 11 is 0. The van der Waals surface area contributed by atoms with Crippen LogP contribution in [0.5, 0.6) is 0 Å². The Bertz CT molecular complexity index is 578. The zero-order valence-electron chi connectivity index (χ0n) is 12.7. The van der Waals surface area contributed by atoms with Crippen molar-refractivity contribution in [2.24, 2.45) is 13.0 Å². The van der Waals surface area contributed by atoms with E-state index >= 15 is 0 Å². The lowest BCUT2D eigenvalue weighted by atomic mass is 9.97. The molecule has 0 spiro atoms. The van der Waals surface area contributed by atoms with Gasteiger partial charge in [-0.3, -0.25) is 14.3 Å². The summed E-state index contributed by atoms with van der Waals surface area (Å²) in [6.07, 6.45) is 4.84. The molecule has 2 amide bonds. The van der Waals surface area contributed by atoms with Crippen molar-refractivity contribution in [1.82, 2.24) is 14.7 Å². The summed E-state index contributed by atoms with van der Waals surface area (Å²) in [5, 5.41) is 7.51. The molecule has 1 saturated heterocycles. The molecule has 1 fully saturated rings. The molecule has 0 bridgehead atoms. The van der Waals surface area contributed by atoms with Gasteiger partial charge in [0.15, 0.2) is 0 Å². The average Bonchev–Trinajstić information content (AvgIpc) is 3.02. The van der Waals surface area contributed by atoms with E-state index in [1.165, 1.54) is 5.56 Å². The molecule has 1 aliphatic carbocycles. The van der Waals surface area contributed by atoms with Crippen LogP contribution in [-0.2, 0) is 29.5 Å². The smallest absolute Gasteiger partial charge is 0.230 e. The Morgan fingerprint density at radius 1 is 1.29 bits per heavy atom. The maximum absolute atomic E-state index is 12.5.